The summed E-state index contributed by atoms with van der Waals surface area (Å²) < 4.78 is 5.34. The van der Waals surface area contributed by atoms with Gasteiger partial charge in [0.2, 0.25) is 0 Å². The van der Waals surface area contributed by atoms with Crippen molar-refractivity contribution >= 4 is 45.2 Å². The molecule has 8 heteroatoms. The van der Waals surface area contributed by atoms with Crippen molar-refractivity contribution in [1.29, 1.82) is 0 Å². The molecule has 2 aromatic rings. The average Bonchev–Trinajstić information content (AvgIpc) is 2.66. The molecule has 0 amide bonds. The molecule has 0 bridgehead atoms. The third-order valence-electron chi connectivity index (χ3n) is 1.74. The van der Waals surface area contributed by atoms with Gasteiger partial charge in [-0.15, -0.1) is 0 Å². The molecule has 88 valence electrons. The van der Waals surface area contributed by atoms with Crippen molar-refractivity contribution in [1.82, 2.24) is 14.3 Å². The molecule has 0 radical (unpaired) electrons. The van der Waals surface area contributed by atoms with Crippen LogP contribution in [0.5, 0.6) is 0 Å². The van der Waals surface area contributed by atoms with Crippen molar-refractivity contribution in [3.05, 3.63) is 28.1 Å². The molecular formula is C9H6BrN3O2S2. The zero-order valence-corrected chi connectivity index (χ0v) is 11.8. The first-order valence-corrected chi connectivity index (χ1v) is 6.81. The molecule has 0 spiro atoms. The number of hydrogen-bond donors (Lipinski definition) is 1. The lowest BCUT2D eigenvalue weighted by Crippen LogP contribution is -2.00. The Morgan fingerprint density at radius 3 is 2.94 bits per heavy atom. The van der Waals surface area contributed by atoms with E-state index in [1.807, 2.05) is 0 Å². The first-order chi connectivity index (χ1) is 8.06. The third-order valence-corrected chi connectivity index (χ3v) is 4.04. The van der Waals surface area contributed by atoms with Gasteiger partial charge in [0.25, 0.3) is 0 Å². The zero-order chi connectivity index (χ0) is 12.4. The second-order valence-corrected chi connectivity index (χ2v) is 5.92. The number of halogens is 1. The summed E-state index contributed by atoms with van der Waals surface area (Å²) in [7, 11) is 0. The monoisotopic (exact) mass is 331 g/mol. The molecule has 2 heterocycles. The first kappa shape index (κ1) is 12.5. The van der Waals surface area contributed by atoms with Crippen LogP contribution in [-0.2, 0) is 0 Å². The van der Waals surface area contributed by atoms with Gasteiger partial charge in [0.05, 0.1) is 5.56 Å². The van der Waals surface area contributed by atoms with Gasteiger partial charge in [0, 0.05) is 10.7 Å². The Balaban J connectivity index is 2.35. The number of pyridine rings is 1. The summed E-state index contributed by atoms with van der Waals surface area (Å²) in [6.45, 7) is 1.79. The fourth-order valence-corrected chi connectivity index (χ4v) is 3.02. The van der Waals surface area contributed by atoms with E-state index in [0.29, 0.717) is 19.7 Å². The minimum Gasteiger partial charge on any atom is -0.478 e. The Hall–Kier alpha value is -0.990. The van der Waals surface area contributed by atoms with Crippen molar-refractivity contribution in [2.24, 2.45) is 0 Å². The van der Waals surface area contributed by atoms with E-state index in [9.17, 15) is 4.79 Å². The zero-order valence-electron chi connectivity index (χ0n) is 8.55. The summed E-state index contributed by atoms with van der Waals surface area (Å²) >= 11 is 5.62. The Labute approximate surface area is 114 Å². The molecular weight excluding hydrogens is 326 g/mol. The van der Waals surface area contributed by atoms with Crippen molar-refractivity contribution in [2.75, 3.05) is 0 Å². The molecule has 0 saturated carbocycles. The van der Waals surface area contributed by atoms with E-state index in [1.54, 1.807) is 13.1 Å². The standard InChI is InChI=1S/C9H6BrN3O2S2/c1-4-12-9(17-13-4)16-7-6(8(14)15)2-5(10)3-11-7/h2-3H,1H3,(H,14,15). The van der Waals surface area contributed by atoms with Crippen LogP contribution in [0.15, 0.2) is 26.1 Å². The highest BCUT2D eigenvalue weighted by Gasteiger charge is 2.15. The SMILES string of the molecule is Cc1nsc(Sc2ncc(Br)cc2C(=O)O)n1. The van der Waals surface area contributed by atoms with E-state index in [0.717, 1.165) is 0 Å². The van der Waals surface area contributed by atoms with Crippen molar-refractivity contribution in [2.45, 2.75) is 16.3 Å². The molecule has 0 fully saturated rings. The van der Waals surface area contributed by atoms with E-state index < -0.39 is 5.97 Å². The average molecular weight is 332 g/mol. The summed E-state index contributed by atoms with van der Waals surface area (Å²) in [4.78, 5) is 19.3. The fourth-order valence-electron chi connectivity index (χ4n) is 1.06. The molecule has 0 aliphatic carbocycles. The minimum atomic E-state index is -1.01. The van der Waals surface area contributed by atoms with E-state index in [1.165, 1.54) is 29.4 Å². The molecule has 0 aromatic carbocycles. The van der Waals surface area contributed by atoms with Gasteiger partial charge in [-0.05, 0) is 52.2 Å². The molecule has 0 aliphatic rings. The number of carbonyl (C=O) groups is 1. The molecule has 0 unspecified atom stereocenters. The second-order valence-electron chi connectivity index (χ2n) is 3.02. The summed E-state index contributed by atoms with van der Waals surface area (Å²) in [5.74, 6) is -0.339. The topological polar surface area (TPSA) is 76.0 Å². The first-order valence-electron chi connectivity index (χ1n) is 4.43. The van der Waals surface area contributed by atoms with Crippen LogP contribution in [0.25, 0.3) is 0 Å². The fraction of sp³-hybridized carbons (Fsp3) is 0.111. The molecule has 5 nitrogen and oxygen atoms in total. The normalized spacial score (nSPS) is 10.5. The Morgan fingerprint density at radius 2 is 2.35 bits per heavy atom. The predicted molar refractivity (Wildman–Crippen MR) is 67.7 cm³/mol. The molecule has 0 atom stereocenters. The Bertz CT molecular complexity index is 573. The number of carboxylic acids is 1. The van der Waals surface area contributed by atoms with Gasteiger partial charge < -0.3 is 5.11 Å². The quantitative estimate of drug-likeness (QED) is 0.931. The van der Waals surface area contributed by atoms with Crippen molar-refractivity contribution < 1.29 is 9.90 Å². The number of aromatic nitrogens is 3. The molecule has 2 rings (SSSR count). The van der Waals surface area contributed by atoms with Crippen LogP contribution in [0.1, 0.15) is 16.2 Å². The highest BCUT2D eigenvalue weighted by molar-refractivity contribution is 9.10. The smallest absolute Gasteiger partial charge is 0.338 e. The van der Waals surface area contributed by atoms with Gasteiger partial charge in [0.15, 0.2) is 4.34 Å². The van der Waals surface area contributed by atoms with E-state index in [-0.39, 0.29) is 5.56 Å². The van der Waals surface area contributed by atoms with Gasteiger partial charge >= 0.3 is 5.97 Å². The van der Waals surface area contributed by atoms with Gasteiger partial charge in [0.1, 0.15) is 10.9 Å². The van der Waals surface area contributed by atoms with Gasteiger partial charge in [-0.3, -0.25) is 0 Å². The second kappa shape index (κ2) is 5.11. The van der Waals surface area contributed by atoms with Crippen LogP contribution in [0.4, 0.5) is 0 Å². The maximum atomic E-state index is 11.1. The maximum Gasteiger partial charge on any atom is 0.338 e. The largest absolute Gasteiger partial charge is 0.478 e. The highest BCUT2D eigenvalue weighted by atomic mass is 79.9. The molecule has 2 aromatic heterocycles. The molecule has 17 heavy (non-hydrogen) atoms. The maximum absolute atomic E-state index is 11.1. The molecule has 0 aliphatic heterocycles. The van der Waals surface area contributed by atoms with E-state index in [4.69, 9.17) is 5.11 Å². The predicted octanol–water partition coefficient (Wildman–Crippen LogP) is 2.85. The number of rotatable bonds is 3. The van der Waals surface area contributed by atoms with Crippen LogP contribution in [0, 0.1) is 6.92 Å². The van der Waals surface area contributed by atoms with Gasteiger partial charge in [-0.2, -0.15) is 4.37 Å². The lowest BCUT2D eigenvalue weighted by Gasteiger charge is -2.02. The van der Waals surface area contributed by atoms with Crippen LogP contribution >= 0.6 is 39.2 Å². The van der Waals surface area contributed by atoms with Gasteiger partial charge in [-0.1, -0.05) is 0 Å². The number of aromatic carboxylic acids is 1. The van der Waals surface area contributed by atoms with E-state index >= 15 is 0 Å². The number of nitrogens with zero attached hydrogens (tertiary/aromatic N) is 3. The lowest BCUT2D eigenvalue weighted by atomic mass is 10.3. The van der Waals surface area contributed by atoms with Crippen LogP contribution < -0.4 is 0 Å². The molecule has 0 saturated heterocycles. The Morgan fingerprint density at radius 1 is 1.59 bits per heavy atom. The van der Waals surface area contributed by atoms with Crippen molar-refractivity contribution in [3.63, 3.8) is 0 Å². The summed E-state index contributed by atoms with van der Waals surface area (Å²) in [5, 5.41) is 9.48. The summed E-state index contributed by atoms with van der Waals surface area (Å²) in [6, 6.07) is 1.52. The summed E-state index contributed by atoms with van der Waals surface area (Å²) in [6.07, 6.45) is 1.56. The third kappa shape index (κ3) is 3.02. The summed E-state index contributed by atoms with van der Waals surface area (Å²) in [5.41, 5.74) is 0.150. The molecule has 1 N–H and O–H groups in total. The number of carboxylic acid groups (broad SMARTS) is 1. The van der Waals surface area contributed by atoms with Crippen molar-refractivity contribution in [3.8, 4) is 0 Å². The Kier molecular flexibility index (Phi) is 3.75. The van der Waals surface area contributed by atoms with Crippen LogP contribution in [-0.4, -0.2) is 25.4 Å². The highest BCUT2D eigenvalue weighted by Crippen LogP contribution is 2.31. The lowest BCUT2D eigenvalue weighted by molar-refractivity contribution is 0.0692. The van der Waals surface area contributed by atoms with Gasteiger partial charge in [-0.25, -0.2) is 14.8 Å². The van der Waals surface area contributed by atoms with Crippen LogP contribution in [0.3, 0.4) is 0 Å². The van der Waals surface area contributed by atoms with Crippen LogP contribution in [0.2, 0.25) is 0 Å². The van der Waals surface area contributed by atoms with E-state index in [2.05, 4.69) is 30.3 Å². The number of hydrogen-bond acceptors (Lipinski definition) is 6. The number of aryl methyl sites for hydroxylation is 1. The minimum absolute atomic E-state index is 0.150.